The highest BCUT2D eigenvalue weighted by molar-refractivity contribution is 7.11. The molecule has 1 atom stereocenters. The molecule has 2 rings (SSSR count). The third kappa shape index (κ3) is 5.43. The molecule has 9 heteroatoms. The quantitative estimate of drug-likeness (QED) is 0.823. The van der Waals surface area contributed by atoms with E-state index in [1.54, 1.807) is 0 Å². The van der Waals surface area contributed by atoms with E-state index in [1.807, 2.05) is 0 Å². The zero-order chi connectivity index (χ0) is 16.9. The number of amides is 1. The normalized spacial score (nSPS) is 19.7. The second kappa shape index (κ2) is 8.07. The van der Waals surface area contributed by atoms with E-state index in [4.69, 9.17) is 5.73 Å². The average Bonchev–Trinajstić information content (AvgIpc) is 2.95. The Kier molecular flexibility index (Phi) is 6.37. The predicted octanol–water partition coefficient (Wildman–Crippen LogP) is 1.98. The van der Waals surface area contributed by atoms with Crippen LogP contribution in [0, 0.1) is 0 Å². The van der Waals surface area contributed by atoms with Gasteiger partial charge in [0.25, 0.3) is 0 Å². The van der Waals surface area contributed by atoms with Crippen molar-refractivity contribution in [2.75, 3.05) is 19.6 Å². The van der Waals surface area contributed by atoms with Crippen molar-refractivity contribution in [2.24, 2.45) is 5.73 Å². The molecule has 1 aliphatic rings. The van der Waals surface area contributed by atoms with Crippen LogP contribution in [0.4, 0.5) is 13.2 Å². The second-order valence-electron chi connectivity index (χ2n) is 5.58. The number of carbonyl (C=O) groups is 1. The Hall–Kier alpha value is -1.19. The van der Waals surface area contributed by atoms with Crippen molar-refractivity contribution in [3.63, 3.8) is 0 Å². The minimum Gasteiger partial charge on any atom is -0.354 e. The Morgan fingerprint density at radius 2 is 2.26 bits per heavy atom. The number of likely N-dealkylation sites (tertiary alicyclic amines) is 1. The van der Waals surface area contributed by atoms with Gasteiger partial charge >= 0.3 is 6.18 Å². The average molecular weight is 350 g/mol. The number of halogens is 3. The van der Waals surface area contributed by atoms with E-state index < -0.39 is 11.1 Å². The molecule has 1 unspecified atom stereocenters. The van der Waals surface area contributed by atoms with E-state index in [9.17, 15) is 18.0 Å². The van der Waals surface area contributed by atoms with Crippen LogP contribution in [0.2, 0.25) is 0 Å². The highest BCUT2D eigenvalue weighted by Gasteiger charge is 2.33. The summed E-state index contributed by atoms with van der Waals surface area (Å²) in [4.78, 5) is 16.8. The maximum absolute atomic E-state index is 12.6. The molecule has 2 heterocycles. The number of nitrogens with one attached hydrogen (secondary N) is 1. The molecule has 0 aromatic carbocycles. The number of nitrogens with two attached hydrogens (primary N) is 1. The van der Waals surface area contributed by atoms with Crippen LogP contribution in [-0.2, 0) is 17.5 Å². The molecule has 1 aromatic heterocycles. The van der Waals surface area contributed by atoms with Crippen LogP contribution in [0.5, 0.6) is 0 Å². The summed E-state index contributed by atoms with van der Waals surface area (Å²) in [6, 6.07) is 0.128. The summed E-state index contributed by atoms with van der Waals surface area (Å²) < 4.78 is 37.9. The number of carbonyl (C=O) groups excluding carboxylic acids is 1. The van der Waals surface area contributed by atoms with Crippen LogP contribution in [-0.4, -0.2) is 41.5 Å². The number of aromatic nitrogens is 1. The number of alkyl halides is 3. The lowest BCUT2D eigenvalue weighted by molar-refractivity contribution is -0.134. The molecule has 1 fully saturated rings. The zero-order valence-electron chi connectivity index (χ0n) is 12.7. The number of rotatable bonds is 6. The van der Waals surface area contributed by atoms with Crippen LogP contribution in [0.1, 0.15) is 35.6 Å². The molecular formula is C14H21F3N4OS. The fraction of sp³-hybridized carbons (Fsp3) is 0.714. The summed E-state index contributed by atoms with van der Waals surface area (Å²) in [7, 11) is 0. The van der Waals surface area contributed by atoms with Crippen molar-refractivity contribution in [3.05, 3.63) is 16.1 Å². The van der Waals surface area contributed by atoms with Gasteiger partial charge in [0.05, 0.1) is 12.7 Å². The van der Waals surface area contributed by atoms with E-state index in [2.05, 4.69) is 15.2 Å². The van der Waals surface area contributed by atoms with Gasteiger partial charge in [0.15, 0.2) is 0 Å². The summed E-state index contributed by atoms with van der Waals surface area (Å²) >= 11 is 0.686. The minimum absolute atomic E-state index is 0.0911. The van der Waals surface area contributed by atoms with Crippen LogP contribution < -0.4 is 11.1 Å². The summed E-state index contributed by atoms with van der Waals surface area (Å²) in [6.07, 6.45) is -0.186. The van der Waals surface area contributed by atoms with E-state index in [0.29, 0.717) is 36.0 Å². The van der Waals surface area contributed by atoms with Gasteiger partial charge in [-0.25, -0.2) is 4.98 Å². The van der Waals surface area contributed by atoms with Crippen molar-refractivity contribution >= 4 is 17.2 Å². The van der Waals surface area contributed by atoms with E-state index in [0.717, 1.165) is 32.0 Å². The predicted molar refractivity (Wildman–Crippen MR) is 81.8 cm³/mol. The molecular weight excluding hydrogens is 329 g/mol. The standard InChI is InChI=1S/C14H21F3N4OS/c15-14(16,17)11-8-20-13(23-11)9-21-6-2-1-3-10(21)7-19-12(22)4-5-18/h8,10H,1-7,9,18H2,(H,19,22). The maximum atomic E-state index is 12.6. The molecule has 0 bridgehead atoms. The van der Waals surface area contributed by atoms with Crippen molar-refractivity contribution in [3.8, 4) is 0 Å². The smallest absolute Gasteiger partial charge is 0.354 e. The number of hydrogen-bond acceptors (Lipinski definition) is 5. The van der Waals surface area contributed by atoms with Gasteiger partial charge in [0.1, 0.15) is 9.88 Å². The molecule has 0 saturated carbocycles. The van der Waals surface area contributed by atoms with E-state index >= 15 is 0 Å². The molecule has 5 nitrogen and oxygen atoms in total. The third-order valence-corrected chi connectivity index (χ3v) is 4.85. The van der Waals surface area contributed by atoms with Gasteiger partial charge in [-0.05, 0) is 19.4 Å². The molecule has 1 aliphatic heterocycles. The van der Waals surface area contributed by atoms with Gasteiger partial charge < -0.3 is 11.1 Å². The lowest BCUT2D eigenvalue weighted by Crippen LogP contribution is -2.46. The Labute approximate surface area is 137 Å². The van der Waals surface area contributed by atoms with Crippen LogP contribution >= 0.6 is 11.3 Å². The highest BCUT2D eigenvalue weighted by Crippen LogP contribution is 2.34. The minimum atomic E-state index is -4.34. The van der Waals surface area contributed by atoms with E-state index in [-0.39, 0.29) is 18.4 Å². The van der Waals surface area contributed by atoms with Crippen molar-refractivity contribution < 1.29 is 18.0 Å². The molecule has 1 amide bonds. The first-order valence-corrected chi connectivity index (χ1v) is 8.44. The summed E-state index contributed by atoms with van der Waals surface area (Å²) in [5.41, 5.74) is 5.34. The Morgan fingerprint density at radius 1 is 1.48 bits per heavy atom. The molecule has 3 N–H and O–H groups in total. The molecule has 1 aromatic rings. The van der Waals surface area contributed by atoms with E-state index in [1.165, 1.54) is 0 Å². The van der Waals surface area contributed by atoms with Crippen molar-refractivity contribution in [1.82, 2.24) is 15.2 Å². The molecule has 1 saturated heterocycles. The van der Waals surface area contributed by atoms with Gasteiger partial charge in [-0.1, -0.05) is 6.42 Å². The number of hydrogen-bond donors (Lipinski definition) is 2. The van der Waals surface area contributed by atoms with Crippen molar-refractivity contribution in [1.29, 1.82) is 0 Å². The SMILES string of the molecule is NCCC(=O)NCC1CCCCN1Cc1ncc(C(F)(F)F)s1. The molecule has 130 valence electrons. The first-order valence-electron chi connectivity index (χ1n) is 7.63. The first kappa shape index (κ1) is 18.2. The number of thiazole rings is 1. The molecule has 0 spiro atoms. The lowest BCUT2D eigenvalue weighted by Gasteiger charge is -2.35. The van der Waals surface area contributed by atoms with Gasteiger partial charge in [0, 0.05) is 25.6 Å². The molecule has 0 radical (unpaired) electrons. The topological polar surface area (TPSA) is 71.2 Å². The number of piperidine rings is 1. The summed E-state index contributed by atoms with van der Waals surface area (Å²) in [6.45, 7) is 1.99. The second-order valence-corrected chi connectivity index (χ2v) is 6.69. The van der Waals surface area contributed by atoms with Gasteiger partial charge in [0.2, 0.25) is 5.91 Å². The van der Waals surface area contributed by atoms with Gasteiger partial charge in [-0.15, -0.1) is 11.3 Å². The zero-order valence-corrected chi connectivity index (χ0v) is 13.6. The molecule has 0 aliphatic carbocycles. The summed E-state index contributed by atoms with van der Waals surface area (Å²) in [5, 5.41) is 3.30. The highest BCUT2D eigenvalue weighted by atomic mass is 32.1. The fourth-order valence-corrected chi connectivity index (χ4v) is 3.45. The maximum Gasteiger partial charge on any atom is 0.427 e. The summed E-state index contributed by atoms with van der Waals surface area (Å²) in [5.74, 6) is -0.0911. The Morgan fingerprint density at radius 3 is 2.91 bits per heavy atom. The lowest BCUT2D eigenvalue weighted by atomic mass is 10.0. The third-order valence-electron chi connectivity index (χ3n) is 3.83. The monoisotopic (exact) mass is 350 g/mol. The van der Waals surface area contributed by atoms with Gasteiger partial charge in [-0.3, -0.25) is 9.69 Å². The van der Waals surface area contributed by atoms with Crippen molar-refractivity contribution in [2.45, 2.75) is 44.4 Å². The van der Waals surface area contributed by atoms with Crippen LogP contribution in [0.25, 0.3) is 0 Å². The largest absolute Gasteiger partial charge is 0.427 e. The van der Waals surface area contributed by atoms with Crippen LogP contribution in [0.3, 0.4) is 0 Å². The fourth-order valence-electron chi connectivity index (χ4n) is 2.64. The van der Waals surface area contributed by atoms with Crippen LogP contribution in [0.15, 0.2) is 6.20 Å². The molecule has 23 heavy (non-hydrogen) atoms. The number of nitrogens with zero attached hydrogens (tertiary/aromatic N) is 2. The first-order chi connectivity index (χ1) is 10.9. The van der Waals surface area contributed by atoms with Gasteiger partial charge in [-0.2, -0.15) is 13.2 Å². The Balaban J connectivity index is 1.93. The Bertz CT molecular complexity index is 520.